The van der Waals surface area contributed by atoms with E-state index in [0.717, 1.165) is 36.2 Å². The number of halogens is 2. The van der Waals surface area contributed by atoms with E-state index in [9.17, 15) is 4.79 Å². The third kappa shape index (κ3) is 5.11. The number of nitrogens with zero attached hydrogens (tertiary/aromatic N) is 4. The number of pyridine rings is 1. The van der Waals surface area contributed by atoms with Gasteiger partial charge in [0.05, 0.1) is 5.56 Å². The molecule has 0 aliphatic carbocycles. The number of nitrogens with one attached hydrogen (secondary N) is 1. The fraction of sp³-hybridized carbons (Fsp3) is 0.409. The summed E-state index contributed by atoms with van der Waals surface area (Å²) in [5.74, 6) is 0.697. The summed E-state index contributed by atoms with van der Waals surface area (Å²) in [6, 6.07) is 10.4. The molecule has 4 heterocycles. The molecule has 7 nitrogen and oxygen atoms in total. The van der Waals surface area contributed by atoms with Crippen LogP contribution in [-0.2, 0) is 6.42 Å². The minimum atomic E-state index is 0. The fourth-order valence-corrected chi connectivity index (χ4v) is 4.22. The minimum Gasteiger partial charge on any atom is -0.423 e. The highest BCUT2D eigenvalue weighted by atomic mass is 35.5. The third-order valence-electron chi connectivity index (χ3n) is 5.85. The van der Waals surface area contributed by atoms with Gasteiger partial charge in [0.1, 0.15) is 5.52 Å². The standard InChI is InChI=1S/C22H25N5O2.2ClH/c28-21(18-12-17(14-24-15-18)11-16-5-6-23-13-16)26-7-9-27(10-8-26)22-25-19-3-1-2-4-20(19)29-22;;/h1-4,12,14-16,23H,5-11,13H2;2*1H. The van der Waals surface area contributed by atoms with Crippen LogP contribution in [0.4, 0.5) is 6.01 Å². The van der Waals surface area contributed by atoms with Gasteiger partial charge >= 0.3 is 0 Å². The van der Waals surface area contributed by atoms with Crippen LogP contribution in [-0.4, -0.2) is 60.0 Å². The van der Waals surface area contributed by atoms with E-state index >= 15 is 0 Å². The predicted molar refractivity (Wildman–Crippen MR) is 126 cm³/mol. The summed E-state index contributed by atoms with van der Waals surface area (Å²) in [7, 11) is 0. The molecule has 5 rings (SSSR count). The predicted octanol–water partition coefficient (Wildman–Crippen LogP) is 3.18. The number of rotatable bonds is 4. The molecule has 2 saturated heterocycles. The second-order valence-electron chi connectivity index (χ2n) is 7.89. The average Bonchev–Trinajstić information content (AvgIpc) is 3.43. The van der Waals surface area contributed by atoms with E-state index in [2.05, 4.69) is 20.2 Å². The molecule has 31 heavy (non-hydrogen) atoms. The first kappa shape index (κ1) is 23.3. The summed E-state index contributed by atoms with van der Waals surface area (Å²) >= 11 is 0. The lowest BCUT2D eigenvalue weighted by Crippen LogP contribution is -2.49. The highest BCUT2D eigenvalue weighted by Gasteiger charge is 2.25. The van der Waals surface area contributed by atoms with Crippen molar-refractivity contribution in [1.82, 2.24) is 20.2 Å². The first-order valence-corrected chi connectivity index (χ1v) is 10.3. The normalized spacial score (nSPS) is 18.5. The van der Waals surface area contributed by atoms with Gasteiger partial charge in [-0.1, -0.05) is 12.1 Å². The number of oxazole rings is 1. The zero-order valence-electron chi connectivity index (χ0n) is 17.2. The molecule has 166 valence electrons. The monoisotopic (exact) mass is 463 g/mol. The van der Waals surface area contributed by atoms with E-state index in [1.165, 1.54) is 6.42 Å². The number of amides is 1. The zero-order valence-corrected chi connectivity index (χ0v) is 18.8. The number of carbonyl (C=O) groups excluding carboxylic acids is 1. The van der Waals surface area contributed by atoms with Crippen molar-refractivity contribution in [1.29, 1.82) is 0 Å². The Bertz CT molecular complexity index is 981. The first-order valence-electron chi connectivity index (χ1n) is 10.3. The van der Waals surface area contributed by atoms with E-state index in [4.69, 9.17) is 4.42 Å². The van der Waals surface area contributed by atoms with Crippen molar-refractivity contribution in [2.45, 2.75) is 12.8 Å². The number of aromatic nitrogens is 2. The molecule has 0 radical (unpaired) electrons. The van der Waals surface area contributed by atoms with Crippen molar-refractivity contribution in [3.8, 4) is 0 Å². The minimum absolute atomic E-state index is 0. The van der Waals surface area contributed by atoms with Gasteiger partial charge in [0.25, 0.3) is 11.9 Å². The lowest BCUT2D eigenvalue weighted by atomic mass is 9.99. The fourth-order valence-electron chi connectivity index (χ4n) is 4.22. The van der Waals surface area contributed by atoms with Gasteiger partial charge < -0.3 is 19.5 Å². The third-order valence-corrected chi connectivity index (χ3v) is 5.85. The Morgan fingerprint density at radius 3 is 2.68 bits per heavy atom. The molecule has 1 aromatic carbocycles. The summed E-state index contributed by atoms with van der Waals surface area (Å²) < 4.78 is 5.86. The highest BCUT2D eigenvalue weighted by Crippen LogP contribution is 2.23. The first-order chi connectivity index (χ1) is 14.3. The molecule has 2 aromatic heterocycles. The number of fused-ring (bicyclic) bond motifs is 1. The summed E-state index contributed by atoms with van der Waals surface area (Å²) in [5.41, 5.74) is 3.49. The van der Waals surface area contributed by atoms with E-state index in [-0.39, 0.29) is 30.7 Å². The van der Waals surface area contributed by atoms with Crippen LogP contribution < -0.4 is 10.2 Å². The highest BCUT2D eigenvalue weighted by molar-refractivity contribution is 5.94. The Kier molecular flexibility index (Phi) is 7.75. The number of piperazine rings is 1. The van der Waals surface area contributed by atoms with Gasteiger partial charge in [-0.2, -0.15) is 4.98 Å². The lowest BCUT2D eigenvalue weighted by molar-refractivity contribution is 0.0744. The molecule has 2 fully saturated rings. The maximum Gasteiger partial charge on any atom is 0.298 e. The van der Waals surface area contributed by atoms with Crippen molar-refractivity contribution >= 4 is 47.8 Å². The molecule has 1 amide bonds. The quantitative estimate of drug-likeness (QED) is 0.640. The second-order valence-corrected chi connectivity index (χ2v) is 7.89. The van der Waals surface area contributed by atoms with Crippen LogP contribution in [0.5, 0.6) is 0 Å². The maximum atomic E-state index is 13.0. The van der Waals surface area contributed by atoms with Crippen LogP contribution in [0.2, 0.25) is 0 Å². The Morgan fingerprint density at radius 2 is 1.94 bits per heavy atom. The van der Waals surface area contributed by atoms with Gasteiger partial charge in [0.2, 0.25) is 0 Å². The maximum absolute atomic E-state index is 13.0. The van der Waals surface area contributed by atoms with E-state index < -0.39 is 0 Å². The summed E-state index contributed by atoms with van der Waals surface area (Å²) in [6.07, 6.45) is 5.74. The van der Waals surface area contributed by atoms with Crippen LogP contribution >= 0.6 is 24.8 Å². The lowest BCUT2D eigenvalue weighted by Gasteiger charge is -2.33. The molecule has 0 bridgehead atoms. The van der Waals surface area contributed by atoms with Crippen molar-refractivity contribution in [3.05, 3.63) is 53.9 Å². The molecule has 0 spiro atoms. The molecular formula is C22H27Cl2N5O2. The van der Waals surface area contributed by atoms with Crippen molar-refractivity contribution < 1.29 is 9.21 Å². The Balaban J connectivity index is 0.00000136. The van der Waals surface area contributed by atoms with Gasteiger partial charge in [-0.05, 0) is 55.6 Å². The van der Waals surface area contributed by atoms with Gasteiger partial charge in [-0.3, -0.25) is 9.78 Å². The SMILES string of the molecule is Cl.Cl.O=C(c1cncc(CC2CCNC2)c1)N1CCN(c2nc3ccccc3o2)CC1. The molecule has 1 N–H and O–H groups in total. The molecule has 0 saturated carbocycles. The van der Waals surface area contributed by atoms with Crippen LogP contribution in [0.25, 0.3) is 11.1 Å². The van der Waals surface area contributed by atoms with Crippen LogP contribution in [0.15, 0.2) is 47.1 Å². The molecule has 2 aliphatic rings. The van der Waals surface area contributed by atoms with Crippen molar-refractivity contribution in [2.24, 2.45) is 5.92 Å². The number of hydrogen-bond acceptors (Lipinski definition) is 6. The van der Waals surface area contributed by atoms with Gasteiger partial charge in [-0.15, -0.1) is 24.8 Å². The van der Waals surface area contributed by atoms with E-state index in [0.29, 0.717) is 43.7 Å². The smallest absolute Gasteiger partial charge is 0.298 e. The van der Waals surface area contributed by atoms with Crippen LogP contribution in [0.3, 0.4) is 0 Å². The number of benzene rings is 1. The van der Waals surface area contributed by atoms with Gasteiger partial charge in [-0.25, -0.2) is 0 Å². The van der Waals surface area contributed by atoms with Crippen molar-refractivity contribution in [3.63, 3.8) is 0 Å². The molecule has 1 atom stereocenters. The van der Waals surface area contributed by atoms with E-state index in [1.54, 1.807) is 6.20 Å². The molecule has 1 unspecified atom stereocenters. The summed E-state index contributed by atoms with van der Waals surface area (Å²) in [6.45, 7) is 4.85. The number of anilines is 1. The Morgan fingerprint density at radius 1 is 1.13 bits per heavy atom. The topological polar surface area (TPSA) is 74.5 Å². The number of para-hydroxylation sites is 2. The van der Waals surface area contributed by atoms with E-state index in [1.807, 2.05) is 41.4 Å². The van der Waals surface area contributed by atoms with Crippen LogP contribution in [0.1, 0.15) is 22.3 Å². The zero-order chi connectivity index (χ0) is 19.6. The average molecular weight is 464 g/mol. The summed E-state index contributed by atoms with van der Waals surface area (Å²) in [4.78, 5) is 25.9. The number of hydrogen-bond donors (Lipinski definition) is 1. The van der Waals surface area contributed by atoms with Crippen LogP contribution in [0, 0.1) is 5.92 Å². The second kappa shape index (κ2) is 10.3. The largest absolute Gasteiger partial charge is 0.423 e. The summed E-state index contributed by atoms with van der Waals surface area (Å²) in [5, 5.41) is 3.39. The molecule has 3 aromatic rings. The van der Waals surface area contributed by atoms with Crippen molar-refractivity contribution in [2.75, 3.05) is 44.2 Å². The molecule has 9 heteroatoms. The van der Waals surface area contributed by atoms with Gasteiger partial charge in [0.15, 0.2) is 5.58 Å². The van der Waals surface area contributed by atoms with Gasteiger partial charge in [0, 0.05) is 38.6 Å². The Hall–Kier alpha value is -2.35. The number of carbonyl (C=O) groups is 1. The molecule has 2 aliphatic heterocycles. The molecular weight excluding hydrogens is 437 g/mol. The Labute approximate surface area is 194 Å².